The van der Waals surface area contributed by atoms with Crippen LogP contribution in [0.2, 0.25) is 0 Å². The van der Waals surface area contributed by atoms with E-state index in [1.165, 1.54) is 6.20 Å². The Hall–Kier alpha value is -4.38. The molecule has 0 saturated carbocycles. The molecule has 0 spiro atoms. The molecule has 33 heavy (non-hydrogen) atoms. The molecule has 3 aromatic carbocycles. The van der Waals surface area contributed by atoms with Crippen LogP contribution in [0.4, 0.5) is 4.79 Å². The second-order valence-corrected chi connectivity index (χ2v) is 7.49. The molecule has 4 aromatic rings. The molecule has 0 atom stereocenters. The van der Waals surface area contributed by atoms with Crippen LogP contribution in [0.3, 0.4) is 0 Å². The molecule has 5 heteroatoms. The predicted molar refractivity (Wildman–Crippen MR) is 129 cm³/mol. The lowest BCUT2D eigenvalue weighted by Crippen LogP contribution is -2.34. The van der Waals surface area contributed by atoms with Gasteiger partial charge in [-0.15, -0.1) is 0 Å². The van der Waals surface area contributed by atoms with E-state index in [1.807, 2.05) is 104 Å². The molecule has 1 aromatic heterocycles. The molecule has 0 fully saturated rings. The highest BCUT2D eigenvalue weighted by Crippen LogP contribution is 2.31. The van der Waals surface area contributed by atoms with E-state index >= 15 is 0 Å². The van der Waals surface area contributed by atoms with Crippen LogP contribution < -0.4 is 0 Å². The van der Waals surface area contributed by atoms with Gasteiger partial charge in [-0.2, -0.15) is 0 Å². The highest BCUT2D eigenvalue weighted by Gasteiger charge is 2.28. The standard InChI is InChI=1S/C28H24N2O3/c1-3-29(28(32)33-20-22-13-7-4-8-14-22)27(31)26-21(2)25(23-15-9-5-10-16-23)19-30(26)24-17-11-6-12-18-24/h3-19H,1,20H2,2H3. The van der Waals surface area contributed by atoms with Gasteiger partial charge in [-0.1, -0.05) is 85.4 Å². The predicted octanol–water partition coefficient (Wildman–Crippen LogP) is 6.38. The van der Waals surface area contributed by atoms with Crippen molar-refractivity contribution in [2.24, 2.45) is 0 Å². The van der Waals surface area contributed by atoms with Gasteiger partial charge in [-0.05, 0) is 35.7 Å². The lowest BCUT2D eigenvalue weighted by molar-refractivity contribution is 0.0721. The largest absolute Gasteiger partial charge is 0.444 e. The van der Waals surface area contributed by atoms with Crippen molar-refractivity contribution in [2.45, 2.75) is 13.5 Å². The van der Waals surface area contributed by atoms with Crippen molar-refractivity contribution in [3.63, 3.8) is 0 Å². The highest BCUT2D eigenvalue weighted by molar-refractivity contribution is 6.05. The summed E-state index contributed by atoms with van der Waals surface area (Å²) in [5.41, 5.74) is 4.67. The zero-order valence-electron chi connectivity index (χ0n) is 18.3. The Morgan fingerprint density at radius 3 is 2.09 bits per heavy atom. The summed E-state index contributed by atoms with van der Waals surface area (Å²) >= 11 is 0. The van der Waals surface area contributed by atoms with E-state index in [2.05, 4.69) is 6.58 Å². The van der Waals surface area contributed by atoms with E-state index in [-0.39, 0.29) is 6.61 Å². The monoisotopic (exact) mass is 436 g/mol. The zero-order valence-corrected chi connectivity index (χ0v) is 18.3. The van der Waals surface area contributed by atoms with Gasteiger partial charge in [-0.3, -0.25) is 4.79 Å². The molecular formula is C28H24N2O3. The van der Waals surface area contributed by atoms with E-state index < -0.39 is 12.0 Å². The summed E-state index contributed by atoms with van der Waals surface area (Å²) in [5.74, 6) is -0.508. The summed E-state index contributed by atoms with van der Waals surface area (Å²) in [6, 6.07) is 28.7. The molecule has 1 heterocycles. The van der Waals surface area contributed by atoms with Crippen LogP contribution in [0.5, 0.6) is 0 Å². The third-order valence-electron chi connectivity index (χ3n) is 5.38. The molecular weight excluding hydrogens is 412 g/mol. The molecule has 0 aliphatic heterocycles. The summed E-state index contributed by atoms with van der Waals surface area (Å²) in [4.78, 5) is 27.3. The van der Waals surface area contributed by atoms with Crippen molar-refractivity contribution < 1.29 is 14.3 Å². The number of carbonyl (C=O) groups excluding carboxylic acids is 2. The summed E-state index contributed by atoms with van der Waals surface area (Å²) in [5, 5.41) is 0. The number of amides is 2. The number of rotatable bonds is 6. The summed E-state index contributed by atoms with van der Waals surface area (Å²) in [6.07, 6.45) is 2.34. The topological polar surface area (TPSA) is 51.5 Å². The molecule has 5 nitrogen and oxygen atoms in total. The summed E-state index contributed by atoms with van der Waals surface area (Å²) in [7, 11) is 0. The molecule has 0 aliphatic rings. The van der Waals surface area contributed by atoms with E-state index in [0.717, 1.165) is 32.8 Å². The first-order valence-corrected chi connectivity index (χ1v) is 10.6. The number of ether oxygens (including phenoxy) is 1. The van der Waals surface area contributed by atoms with Gasteiger partial charge in [0.25, 0.3) is 5.91 Å². The van der Waals surface area contributed by atoms with Crippen LogP contribution in [0, 0.1) is 6.92 Å². The normalized spacial score (nSPS) is 10.5. The quantitative estimate of drug-likeness (QED) is 0.353. The van der Waals surface area contributed by atoms with Crippen LogP contribution >= 0.6 is 0 Å². The van der Waals surface area contributed by atoms with Crippen LogP contribution in [0.1, 0.15) is 21.6 Å². The van der Waals surface area contributed by atoms with Crippen molar-refractivity contribution >= 4 is 12.0 Å². The average molecular weight is 437 g/mol. The van der Waals surface area contributed by atoms with Gasteiger partial charge in [0.15, 0.2) is 0 Å². The molecule has 4 rings (SSSR count). The fourth-order valence-corrected chi connectivity index (χ4v) is 3.71. The van der Waals surface area contributed by atoms with E-state index in [9.17, 15) is 9.59 Å². The molecule has 0 bridgehead atoms. The lowest BCUT2D eigenvalue weighted by Gasteiger charge is -2.18. The first kappa shape index (κ1) is 21.8. The number of nitrogens with zero attached hydrogens (tertiary/aromatic N) is 2. The van der Waals surface area contributed by atoms with E-state index in [1.54, 1.807) is 4.57 Å². The highest BCUT2D eigenvalue weighted by atomic mass is 16.6. The SMILES string of the molecule is C=CN(C(=O)OCc1ccccc1)C(=O)c1c(C)c(-c2ccccc2)cn1-c1ccccc1. The minimum absolute atomic E-state index is 0.0608. The minimum Gasteiger partial charge on any atom is -0.444 e. The van der Waals surface area contributed by atoms with Gasteiger partial charge in [0.05, 0.1) is 0 Å². The maximum absolute atomic E-state index is 13.6. The molecule has 0 aliphatic carbocycles. The Labute approximate surface area is 193 Å². The molecule has 2 amide bonds. The van der Waals surface area contributed by atoms with Crippen molar-refractivity contribution in [3.8, 4) is 16.8 Å². The lowest BCUT2D eigenvalue weighted by atomic mass is 10.0. The van der Waals surface area contributed by atoms with Gasteiger partial charge < -0.3 is 9.30 Å². The maximum atomic E-state index is 13.6. The first-order chi connectivity index (χ1) is 16.1. The second-order valence-electron chi connectivity index (χ2n) is 7.49. The number of benzene rings is 3. The molecule has 0 radical (unpaired) electrons. The Bertz CT molecular complexity index is 1260. The number of aromatic nitrogens is 1. The summed E-state index contributed by atoms with van der Waals surface area (Å²) < 4.78 is 7.19. The third-order valence-corrected chi connectivity index (χ3v) is 5.38. The van der Waals surface area contributed by atoms with Gasteiger partial charge in [0.1, 0.15) is 12.3 Å². The molecule has 0 unspecified atom stereocenters. The van der Waals surface area contributed by atoms with Crippen LogP contribution in [-0.4, -0.2) is 21.5 Å². The van der Waals surface area contributed by atoms with E-state index in [0.29, 0.717) is 5.69 Å². The number of carbonyl (C=O) groups is 2. The summed E-state index contributed by atoms with van der Waals surface area (Å²) in [6.45, 7) is 5.62. The van der Waals surface area contributed by atoms with Gasteiger partial charge in [-0.25, -0.2) is 9.69 Å². The number of hydrogen-bond acceptors (Lipinski definition) is 3. The fourth-order valence-electron chi connectivity index (χ4n) is 3.71. The molecule has 0 saturated heterocycles. The Morgan fingerprint density at radius 2 is 1.48 bits per heavy atom. The Morgan fingerprint density at radius 1 is 0.909 bits per heavy atom. The van der Waals surface area contributed by atoms with Crippen LogP contribution in [-0.2, 0) is 11.3 Å². The van der Waals surface area contributed by atoms with Crippen molar-refractivity contribution in [2.75, 3.05) is 0 Å². The number of imide groups is 1. The van der Waals surface area contributed by atoms with Crippen molar-refractivity contribution in [1.29, 1.82) is 0 Å². The zero-order chi connectivity index (χ0) is 23.2. The van der Waals surface area contributed by atoms with Gasteiger partial charge in [0.2, 0.25) is 0 Å². The maximum Gasteiger partial charge on any atom is 0.421 e. The smallest absolute Gasteiger partial charge is 0.421 e. The Kier molecular flexibility index (Phi) is 6.51. The molecule has 0 N–H and O–H groups in total. The van der Waals surface area contributed by atoms with E-state index in [4.69, 9.17) is 4.74 Å². The number of para-hydroxylation sites is 1. The van der Waals surface area contributed by atoms with Crippen LogP contribution in [0.25, 0.3) is 16.8 Å². The first-order valence-electron chi connectivity index (χ1n) is 10.6. The molecule has 164 valence electrons. The number of hydrogen-bond donors (Lipinski definition) is 0. The average Bonchev–Trinajstić information content (AvgIpc) is 3.22. The second kappa shape index (κ2) is 9.83. The van der Waals surface area contributed by atoms with Crippen LogP contribution in [0.15, 0.2) is 110 Å². The minimum atomic E-state index is -0.777. The third kappa shape index (κ3) is 4.62. The van der Waals surface area contributed by atoms with Gasteiger partial charge >= 0.3 is 6.09 Å². The Balaban J connectivity index is 1.71. The van der Waals surface area contributed by atoms with Crippen molar-refractivity contribution in [3.05, 3.63) is 127 Å². The fraction of sp³-hybridized carbons (Fsp3) is 0.0714. The van der Waals surface area contributed by atoms with Crippen molar-refractivity contribution in [1.82, 2.24) is 9.47 Å². The van der Waals surface area contributed by atoms with Gasteiger partial charge in [0, 0.05) is 23.6 Å².